The molecule has 58 valence electrons. The van der Waals surface area contributed by atoms with E-state index in [1.807, 2.05) is 0 Å². The Morgan fingerprint density at radius 1 is 1.40 bits per heavy atom. The molecule has 0 aromatic carbocycles. The molecule has 1 saturated heterocycles. The monoisotopic (exact) mass is 143 g/mol. The van der Waals surface area contributed by atoms with Gasteiger partial charge in [-0.1, -0.05) is 0 Å². The molecule has 1 N–H and O–H groups in total. The third kappa shape index (κ3) is 1.35. The van der Waals surface area contributed by atoms with Gasteiger partial charge in [0.25, 0.3) is 5.95 Å². The van der Waals surface area contributed by atoms with E-state index in [0.717, 1.165) is 18.7 Å². The van der Waals surface area contributed by atoms with Crippen LogP contribution in [0.3, 0.4) is 0 Å². The van der Waals surface area contributed by atoms with Gasteiger partial charge >= 0.3 is 0 Å². The lowest BCUT2D eigenvalue weighted by Crippen LogP contribution is -2.08. The van der Waals surface area contributed by atoms with E-state index in [0.29, 0.717) is 5.95 Å². The van der Waals surface area contributed by atoms with Crippen LogP contribution in [-0.4, -0.2) is 20.8 Å². The van der Waals surface area contributed by atoms with Crippen LogP contribution in [0.25, 0.3) is 0 Å². The Bertz CT molecular complexity index is 129. The van der Waals surface area contributed by atoms with E-state index in [-0.39, 0.29) is 0 Å². The topological polar surface area (TPSA) is 30.5 Å². The Morgan fingerprint density at radius 3 is 2.50 bits per heavy atom. The van der Waals surface area contributed by atoms with Crippen molar-refractivity contribution in [2.24, 2.45) is 0 Å². The Hall–Kier alpha value is -0.860. The minimum Gasteiger partial charge on any atom is -0.468 e. The minimum atomic E-state index is 0.623. The summed E-state index contributed by atoms with van der Waals surface area (Å²) < 4.78 is 9.96. The lowest BCUT2D eigenvalue weighted by molar-refractivity contribution is 0.0888. The van der Waals surface area contributed by atoms with Gasteiger partial charge < -0.3 is 14.8 Å². The molecule has 1 aliphatic heterocycles. The second-order valence-electron chi connectivity index (χ2n) is 2.20. The first-order valence-corrected chi connectivity index (χ1v) is 3.43. The van der Waals surface area contributed by atoms with E-state index in [1.54, 1.807) is 14.2 Å². The Balaban J connectivity index is 2.59. The van der Waals surface area contributed by atoms with Crippen LogP contribution in [0.5, 0.6) is 0 Å². The van der Waals surface area contributed by atoms with E-state index in [9.17, 15) is 0 Å². The third-order valence-electron chi connectivity index (χ3n) is 1.56. The molecule has 1 heterocycles. The van der Waals surface area contributed by atoms with Crippen molar-refractivity contribution in [3.8, 4) is 0 Å². The first-order valence-electron chi connectivity index (χ1n) is 3.43. The van der Waals surface area contributed by atoms with Gasteiger partial charge in [-0.25, -0.2) is 0 Å². The fraction of sp³-hybridized carbons (Fsp3) is 0.714. The molecule has 0 bridgehead atoms. The zero-order valence-electron chi connectivity index (χ0n) is 6.44. The maximum absolute atomic E-state index is 4.98. The predicted molar refractivity (Wildman–Crippen MR) is 38.3 cm³/mol. The van der Waals surface area contributed by atoms with Crippen molar-refractivity contribution in [3.63, 3.8) is 0 Å². The molecule has 0 aliphatic carbocycles. The van der Waals surface area contributed by atoms with E-state index in [2.05, 4.69) is 5.32 Å². The van der Waals surface area contributed by atoms with Gasteiger partial charge in [0.05, 0.1) is 19.9 Å². The van der Waals surface area contributed by atoms with Crippen LogP contribution >= 0.6 is 0 Å². The Kier molecular flexibility index (Phi) is 2.42. The molecule has 1 rings (SSSR count). The second-order valence-corrected chi connectivity index (χ2v) is 2.20. The molecule has 0 amide bonds. The molecule has 0 saturated carbocycles. The zero-order chi connectivity index (χ0) is 7.40. The van der Waals surface area contributed by atoms with E-state index < -0.39 is 0 Å². The number of nitrogens with one attached hydrogen (secondary N) is 1. The highest BCUT2D eigenvalue weighted by Gasteiger charge is 2.12. The van der Waals surface area contributed by atoms with Crippen molar-refractivity contribution in [3.05, 3.63) is 11.6 Å². The standard InChI is InChI=1S/C7H13NO2/c1-9-7(10-2)6-4-3-5-8-6/h8H,3-5H2,1-2H3. The second kappa shape index (κ2) is 3.34. The number of rotatable bonds is 2. The van der Waals surface area contributed by atoms with Gasteiger partial charge in [-0.2, -0.15) is 0 Å². The predicted octanol–water partition coefficient (Wildman–Crippen LogP) is 0.832. The van der Waals surface area contributed by atoms with Crippen molar-refractivity contribution in [1.29, 1.82) is 0 Å². The summed E-state index contributed by atoms with van der Waals surface area (Å²) in [4.78, 5) is 0. The molecule has 3 heteroatoms. The van der Waals surface area contributed by atoms with Crippen molar-refractivity contribution >= 4 is 0 Å². The quantitative estimate of drug-likeness (QED) is 0.581. The van der Waals surface area contributed by atoms with Crippen LogP contribution < -0.4 is 5.32 Å². The van der Waals surface area contributed by atoms with Crippen molar-refractivity contribution in [2.45, 2.75) is 12.8 Å². The summed E-state index contributed by atoms with van der Waals surface area (Å²) in [5.41, 5.74) is 1.09. The number of allylic oxidation sites excluding steroid dienone is 1. The fourth-order valence-electron chi connectivity index (χ4n) is 1.10. The molecule has 0 aromatic heterocycles. The summed E-state index contributed by atoms with van der Waals surface area (Å²) in [7, 11) is 3.23. The highest BCUT2D eigenvalue weighted by Crippen LogP contribution is 2.14. The summed E-state index contributed by atoms with van der Waals surface area (Å²) in [5.74, 6) is 0.623. The van der Waals surface area contributed by atoms with Crippen LogP contribution in [0.2, 0.25) is 0 Å². The third-order valence-corrected chi connectivity index (χ3v) is 1.56. The molecule has 0 spiro atoms. The van der Waals surface area contributed by atoms with Gasteiger partial charge in [-0.15, -0.1) is 0 Å². The van der Waals surface area contributed by atoms with Gasteiger partial charge in [0, 0.05) is 6.54 Å². The summed E-state index contributed by atoms with van der Waals surface area (Å²) >= 11 is 0. The van der Waals surface area contributed by atoms with Crippen LogP contribution in [-0.2, 0) is 9.47 Å². The lowest BCUT2D eigenvalue weighted by atomic mass is 10.3. The Morgan fingerprint density at radius 2 is 2.10 bits per heavy atom. The first-order chi connectivity index (χ1) is 4.88. The molecule has 0 unspecified atom stereocenters. The molecule has 3 nitrogen and oxygen atoms in total. The van der Waals surface area contributed by atoms with Gasteiger partial charge in [0.2, 0.25) is 0 Å². The summed E-state index contributed by atoms with van der Waals surface area (Å²) in [6.07, 6.45) is 2.21. The first kappa shape index (κ1) is 7.25. The van der Waals surface area contributed by atoms with Gasteiger partial charge in [-0.05, 0) is 12.8 Å². The SMILES string of the molecule is COC(OC)=C1CCCN1. The molecule has 0 aromatic rings. The molecular weight excluding hydrogens is 130 g/mol. The minimum absolute atomic E-state index is 0.623. The molecule has 0 atom stereocenters. The van der Waals surface area contributed by atoms with E-state index in [4.69, 9.17) is 9.47 Å². The van der Waals surface area contributed by atoms with Crippen molar-refractivity contribution < 1.29 is 9.47 Å². The lowest BCUT2D eigenvalue weighted by Gasteiger charge is -2.07. The molecule has 0 radical (unpaired) electrons. The van der Waals surface area contributed by atoms with Crippen LogP contribution in [0, 0.1) is 0 Å². The fourth-order valence-corrected chi connectivity index (χ4v) is 1.10. The average molecular weight is 143 g/mol. The molecule has 1 aliphatic rings. The smallest absolute Gasteiger partial charge is 0.298 e. The van der Waals surface area contributed by atoms with E-state index in [1.165, 1.54) is 6.42 Å². The van der Waals surface area contributed by atoms with Gasteiger partial charge in [0.1, 0.15) is 0 Å². The maximum Gasteiger partial charge on any atom is 0.298 e. The number of hydrogen-bond donors (Lipinski definition) is 1. The normalized spacial score (nSPS) is 16.4. The van der Waals surface area contributed by atoms with Gasteiger partial charge in [0.15, 0.2) is 0 Å². The van der Waals surface area contributed by atoms with Crippen LogP contribution in [0.4, 0.5) is 0 Å². The average Bonchev–Trinajstić information content (AvgIpc) is 2.43. The number of ether oxygens (including phenoxy) is 2. The molecule has 1 fully saturated rings. The largest absolute Gasteiger partial charge is 0.468 e. The Labute approximate surface area is 61.0 Å². The maximum atomic E-state index is 4.98. The molecular formula is C7H13NO2. The van der Waals surface area contributed by atoms with Crippen LogP contribution in [0.1, 0.15) is 12.8 Å². The summed E-state index contributed by atoms with van der Waals surface area (Å²) in [6, 6.07) is 0. The number of methoxy groups -OCH3 is 2. The summed E-state index contributed by atoms with van der Waals surface area (Å²) in [5, 5.41) is 3.19. The van der Waals surface area contributed by atoms with E-state index >= 15 is 0 Å². The van der Waals surface area contributed by atoms with Crippen LogP contribution in [0.15, 0.2) is 11.6 Å². The molecule has 10 heavy (non-hydrogen) atoms. The van der Waals surface area contributed by atoms with Gasteiger partial charge in [-0.3, -0.25) is 0 Å². The highest BCUT2D eigenvalue weighted by atomic mass is 16.7. The van der Waals surface area contributed by atoms with Crippen molar-refractivity contribution in [1.82, 2.24) is 5.32 Å². The summed E-state index contributed by atoms with van der Waals surface area (Å²) in [6.45, 7) is 1.03. The van der Waals surface area contributed by atoms with Crippen molar-refractivity contribution in [2.75, 3.05) is 20.8 Å². The zero-order valence-corrected chi connectivity index (χ0v) is 6.44. The number of hydrogen-bond acceptors (Lipinski definition) is 3. The highest BCUT2D eigenvalue weighted by molar-refractivity contribution is 5.04.